The minimum Gasteiger partial charge on any atom is -0.507 e. The number of unbranched alkanes of at least 4 members (excludes halogenated alkanes) is 5. The highest BCUT2D eigenvalue weighted by Gasteiger charge is 2.19. The van der Waals surface area contributed by atoms with Gasteiger partial charge in [0.15, 0.2) is 0 Å². The fraction of sp³-hybridized carbons (Fsp3) is 0.588. The molecule has 222 valence electrons. The lowest BCUT2D eigenvalue weighted by atomic mass is 9.85. The van der Waals surface area contributed by atoms with E-state index in [9.17, 15) is 19.8 Å². The van der Waals surface area contributed by atoms with Gasteiger partial charge in [0.1, 0.15) is 11.5 Å². The first-order valence-electron chi connectivity index (χ1n) is 15.3. The third-order valence-corrected chi connectivity index (χ3v) is 8.10. The molecule has 6 N–H and O–H groups in total. The Morgan fingerprint density at radius 2 is 1.02 bits per heavy atom. The van der Waals surface area contributed by atoms with E-state index in [1.807, 2.05) is 26.0 Å². The van der Waals surface area contributed by atoms with Gasteiger partial charge in [0, 0.05) is 12.8 Å². The lowest BCUT2D eigenvalue weighted by Crippen LogP contribution is -2.16. The summed E-state index contributed by atoms with van der Waals surface area (Å²) >= 11 is 0. The van der Waals surface area contributed by atoms with Crippen molar-refractivity contribution in [3.8, 4) is 11.5 Å². The van der Waals surface area contributed by atoms with Crippen molar-refractivity contribution in [3.05, 3.63) is 57.6 Å². The van der Waals surface area contributed by atoms with E-state index in [1.54, 1.807) is 0 Å². The van der Waals surface area contributed by atoms with Crippen LogP contribution in [0.15, 0.2) is 24.3 Å². The van der Waals surface area contributed by atoms with Gasteiger partial charge in [0.2, 0.25) is 11.8 Å². The summed E-state index contributed by atoms with van der Waals surface area (Å²) in [7, 11) is 0. The van der Waals surface area contributed by atoms with Crippen molar-refractivity contribution < 1.29 is 19.8 Å². The predicted molar refractivity (Wildman–Crippen MR) is 164 cm³/mol. The number of carbonyl (C=O) groups excluding carboxylic acids is 2. The second-order valence-electron chi connectivity index (χ2n) is 11.6. The molecule has 6 nitrogen and oxygen atoms in total. The number of hydrogen-bond donors (Lipinski definition) is 4. The van der Waals surface area contributed by atoms with Gasteiger partial charge in [-0.15, -0.1) is 0 Å². The average Bonchev–Trinajstić information content (AvgIpc) is 2.90. The van der Waals surface area contributed by atoms with E-state index in [-0.39, 0.29) is 23.7 Å². The van der Waals surface area contributed by atoms with Crippen LogP contribution >= 0.6 is 0 Å². The molecule has 0 fully saturated rings. The third-order valence-electron chi connectivity index (χ3n) is 8.10. The van der Waals surface area contributed by atoms with E-state index in [4.69, 9.17) is 11.5 Å². The quantitative estimate of drug-likeness (QED) is 0.136. The molecule has 0 aliphatic heterocycles. The Balaban J connectivity index is 2.01. The van der Waals surface area contributed by atoms with E-state index in [0.717, 1.165) is 110 Å². The molecular formula is C34H52N2O4. The first-order valence-corrected chi connectivity index (χ1v) is 15.3. The number of aromatic hydroxyl groups is 2. The Hall–Kier alpha value is -3.02. The first kappa shape index (κ1) is 33.2. The maximum Gasteiger partial charge on any atom is 0.218 e. The Bertz CT molecular complexity index is 1020. The van der Waals surface area contributed by atoms with E-state index in [1.165, 1.54) is 0 Å². The number of hydrogen-bond acceptors (Lipinski definition) is 4. The minimum atomic E-state index is -0.303. The number of phenols is 2. The van der Waals surface area contributed by atoms with Crippen LogP contribution in [0.5, 0.6) is 11.5 Å². The van der Waals surface area contributed by atoms with Gasteiger partial charge in [-0.25, -0.2) is 0 Å². The van der Waals surface area contributed by atoms with Crippen LogP contribution in [0, 0.1) is 13.8 Å². The van der Waals surface area contributed by atoms with Gasteiger partial charge >= 0.3 is 0 Å². The van der Waals surface area contributed by atoms with Gasteiger partial charge in [-0.05, 0) is 97.6 Å². The molecule has 0 spiro atoms. The number of aryl methyl sites for hydroxylation is 4. The highest BCUT2D eigenvalue weighted by molar-refractivity contribution is 5.75. The topological polar surface area (TPSA) is 127 Å². The van der Waals surface area contributed by atoms with Crippen molar-refractivity contribution in [1.29, 1.82) is 0 Å². The molecule has 2 atom stereocenters. The summed E-state index contributed by atoms with van der Waals surface area (Å²) in [5, 5.41) is 21.0. The van der Waals surface area contributed by atoms with Gasteiger partial charge in [-0.2, -0.15) is 0 Å². The van der Waals surface area contributed by atoms with E-state index < -0.39 is 0 Å². The van der Waals surface area contributed by atoms with Crippen molar-refractivity contribution in [2.24, 2.45) is 11.5 Å². The summed E-state index contributed by atoms with van der Waals surface area (Å²) in [6, 6.07) is 8.13. The molecule has 0 aliphatic rings. The third kappa shape index (κ3) is 10.5. The van der Waals surface area contributed by atoms with Crippen LogP contribution in [0.1, 0.15) is 136 Å². The molecule has 2 aromatic carbocycles. The molecule has 0 heterocycles. The Morgan fingerprint density at radius 1 is 0.650 bits per heavy atom. The molecule has 0 radical (unpaired) electrons. The molecule has 0 saturated carbocycles. The van der Waals surface area contributed by atoms with Crippen LogP contribution in [0.4, 0.5) is 0 Å². The van der Waals surface area contributed by atoms with E-state index >= 15 is 0 Å². The zero-order valence-corrected chi connectivity index (χ0v) is 25.2. The fourth-order valence-corrected chi connectivity index (χ4v) is 5.75. The largest absolute Gasteiger partial charge is 0.507 e. The number of carbonyl (C=O) groups is 2. The lowest BCUT2D eigenvalue weighted by molar-refractivity contribution is -0.119. The normalized spacial score (nSPS) is 12.8. The van der Waals surface area contributed by atoms with Crippen molar-refractivity contribution in [2.75, 3.05) is 0 Å². The van der Waals surface area contributed by atoms with Crippen LogP contribution in [0.3, 0.4) is 0 Å². The van der Waals surface area contributed by atoms with Gasteiger partial charge in [0.25, 0.3) is 0 Å². The minimum absolute atomic E-state index is 0.0429. The van der Waals surface area contributed by atoms with Crippen LogP contribution < -0.4 is 11.5 Å². The fourth-order valence-electron chi connectivity index (χ4n) is 5.75. The molecule has 0 saturated heterocycles. The second kappa shape index (κ2) is 16.9. The summed E-state index contributed by atoms with van der Waals surface area (Å²) < 4.78 is 0. The zero-order chi connectivity index (χ0) is 29.7. The van der Waals surface area contributed by atoms with Crippen LogP contribution in [-0.2, 0) is 22.4 Å². The zero-order valence-electron chi connectivity index (χ0n) is 25.2. The molecule has 2 amide bonds. The Morgan fingerprint density at radius 3 is 1.35 bits per heavy atom. The van der Waals surface area contributed by atoms with Gasteiger partial charge in [-0.1, -0.05) is 76.6 Å². The van der Waals surface area contributed by atoms with Gasteiger partial charge in [-0.3, -0.25) is 9.59 Å². The number of nitrogens with two attached hydrogens (primary N) is 2. The molecule has 2 aromatic rings. The van der Waals surface area contributed by atoms with Crippen LogP contribution in [0.25, 0.3) is 0 Å². The number of primary amides is 2. The predicted octanol–water partition coefficient (Wildman–Crippen LogP) is 7.36. The number of benzene rings is 2. The summed E-state index contributed by atoms with van der Waals surface area (Å²) in [6.07, 6.45) is 12.1. The van der Waals surface area contributed by atoms with Crippen LogP contribution in [0.2, 0.25) is 0 Å². The monoisotopic (exact) mass is 552 g/mol. The summed E-state index contributed by atoms with van der Waals surface area (Å²) in [5.41, 5.74) is 17.0. The highest BCUT2D eigenvalue weighted by atomic mass is 16.3. The molecule has 6 heteroatoms. The van der Waals surface area contributed by atoms with E-state index in [0.29, 0.717) is 24.3 Å². The molecule has 2 rings (SSSR count). The molecule has 0 aliphatic carbocycles. The number of rotatable bonds is 19. The standard InChI is InChI=1S/C34H52N2O4/c1-5-7-13-27-19-29(17-23(3)33(27)39)25(21-31(35)37)15-11-9-10-12-16-26(22-32(36)38)30-18-24(4)34(40)28(20-30)14-8-6-2/h17-20,25-26,39-40H,5-16,21-22H2,1-4H3,(H2,35,37)(H2,36,38). The molecule has 40 heavy (non-hydrogen) atoms. The number of phenolic OH excluding ortho intramolecular Hbond substituents is 2. The van der Waals surface area contributed by atoms with Crippen molar-refractivity contribution in [1.82, 2.24) is 0 Å². The van der Waals surface area contributed by atoms with E-state index in [2.05, 4.69) is 26.0 Å². The van der Waals surface area contributed by atoms with Gasteiger partial charge < -0.3 is 21.7 Å². The van der Waals surface area contributed by atoms with Crippen LogP contribution in [-0.4, -0.2) is 22.0 Å². The second-order valence-corrected chi connectivity index (χ2v) is 11.6. The number of amides is 2. The molecular weight excluding hydrogens is 500 g/mol. The maximum absolute atomic E-state index is 11.9. The lowest BCUT2D eigenvalue weighted by Gasteiger charge is -2.20. The highest BCUT2D eigenvalue weighted by Crippen LogP contribution is 2.35. The smallest absolute Gasteiger partial charge is 0.218 e. The molecule has 0 bridgehead atoms. The first-order chi connectivity index (χ1) is 19.1. The molecule has 2 unspecified atom stereocenters. The van der Waals surface area contributed by atoms with Crippen molar-refractivity contribution in [2.45, 2.75) is 129 Å². The Labute approximate surface area is 241 Å². The van der Waals surface area contributed by atoms with Crippen molar-refractivity contribution in [3.63, 3.8) is 0 Å². The van der Waals surface area contributed by atoms with Crippen molar-refractivity contribution >= 4 is 11.8 Å². The average molecular weight is 553 g/mol. The summed E-state index contributed by atoms with van der Waals surface area (Å²) in [4.78, 5) is 23.7. The SMILES string of the molecule is CCCCc1cc(C(CCCCCCC(CC(N)=O)c2cc(C)c(O)c(CCCC)c2)CC(N)=O)cc(C)c1O. The summed E-state index contributed by atoms with van der Waals surface area (Å²) in [5.74, 6) is 0.205. The molecule has 0 aromatic heterocycles. The Kier molecular flexibility index (Phi) is 14.1. The summed E-state index contributed by atoms with van der Waals surface area (Å²) in [6.45, 7) is 8.10. The van der Waals surface area contributed by atoms with Gasteiger partial charge in [0.05, 0.1) is 0 Å². The maximum atomic E-state index is 11.9.